The number of hydrogen-bond acceptors (Lipinski definition) is 2. The molecule has 0 bridgehead atoms. The van der Waals surface area contributed by atoms with E-state index in [1.807, 2.05) is 4.72 Å². The van der Waals surface area contributed by atoms with Gasteiger partial charge in [-0.1, -0.05) is 27.5 Å². The Morgan fingerprint density at radius 2 is 1.74 bits per heavy atom. The van der Waals surface area contributed by atoms with Crippen LogP contribution in [0.4, 0.5) is 23.2 Å². The fraction of sp³-hybridized carbons (Fsp3) is 0.0769. The lowest BCUT2D eigenvalue weighted by atomic mass is 10.2. The van der Waals surface area contributed by atoms with E-state index in [1.54, 1.807) is 0 Å². The molecule has 0 radical (unpaired) electrons. The van der Waals surface area contributed by atoms with E-state index < -0.39 is 37.5 Å². The lowest BCUT2D eigenvalue weighted by Crippen LogP contribution is -2.15. The third-order valence-electron chi connectivity index (χ3n) is 2.71. The molecule has 124 valence electrons. The first-order chi connectivity index (χ1) is 10.5. The number of hydrogen-bond donors (Lipinski definition) is 1. The molecule has 0 spiro atoms. The molecular formula is C13H7BrClF4NO2S. The fourth-order valence-electron chi connectivity index (χ4n) is 1.71. The van der Waals surface area contributed by atoms with Crippen LogP contribution in [0.5, 0.6) is 0 Å². The molecule has 23 heavy (non-hydrogen) atoms. The smallest absolute Gasteiger partial charge is 0.280 e. The molecule has 0 aliphatic heterocycles. The number of alkyl halides is 3. The molecule has 1 N–H and O–H groups in total. The quantitative estimate of drug-likeness (QED) is 0.689. The normalized spacial score (nSPS) is 12.3. The monoisotopic (exact) mass is 431 g/mol. The first-order valence-electron chi connectivity index (χ1n) is 5.85. The van der Waals surface area contributed by atoms with Crippen molar-refractivity contribution in [3.63, 3.8) is 0 Å². The number of sulfonamides is 1. The zero-order chi connectivity index (χ0) is 17.4. The second-order valence-corrected chi connectivity index (χ2v) is 7.35. The van der Waals surface area contributed by atoms with Gasteiger partial charge in [0.2, 0.25) is 0 Å². The molecule has 0 saturated heterocycles. The van der Waals surface area contributed by atoms with Crippen molar-refractivity contribution in [3.05, 3.63) is 57.3 Å². The first kappa shape index (κ1) is 18.0. The van der Waals surface area contributed by atoms with Crippen LogP contribution >= 0.6 is 27.5 Å². The number of anilines is 1. The minimum absolute atomic E-state index is 0.319. The minimum atomic E-state index is -4.75. The molecule has 2 aromatic rings. The first-order valence-corrected chi connectivity index (χ1v) is 8.51. The lowest BCUT2D eigenvalue weighted by Gasteiger charge is -2.13. The zero-order valence-electron chi connectivity index (χ0n) is 11.0. The highest BCUT2D eigenvalue weighted by Crippen LogP contribution is 2.36. The Morgan fingerprint density at radius 1 is 1.09 bits per heavy atom. The Balaban J connectivity index is 2.42. The van der Waals surface area contributed by atoms with E-state index in [2.05, 4.69) is 15.9 Å². The van der Waals surface area contributed by atoms with Crippen molar-refractivity contribution in [2.75, 3.05) is 4.72 Å². The van der Waals surface area contributed by atoms with E-state index in [9.17, 15) is 26.0 Å². The van der Waals surface area contributed by atoms with Crippen LogP contribution in [0.1, 0.15) is 5.56 Å². The van der Waals surface area contributed by atoms with E-state index >= 15 is 0 Å². The second kappa shape index (κ2) is 6.29. The van der Waals surface area contributed by atoms with Crippen LogP contribution in [0.25, 0.3) is 0 Å². The molecule has 0 fully saturated rings. The van der Waals surface area contributed by atoms with E-state index in [1.165, 1.54) is 6.07 Å². The van der Waals surface area contributed by atoms with Crippen LogP contribution in [0.3, 0.4) is 0 Å². The number of halogens is 6. The standard InChI is InChI=1S/C13H7BrClF4NO2S/c14-7-1-4-12(11(16)5-7)23(21,22)20-8-2-3-10(15)9(6-8)13(17,18)19/h1-6,20H. The molecule has 0 amide bonds. The van der Waals surface area contributed by atoms with Gasteiger partial charge in [-0.2, -0.15) is 13.2 Å². The highest BCUT2D eigenvalue weighted by molar-refractivity contribution is 9.10. The van der Waals surface area contributed by atoms with Gasteiger partial charge in [-0.15, -0.1) is 0 Å². The molecular weight excluding hydrogens is 426 g/mol. The van der Waals surface area contributed by atoms with Crippen LogP contribution in [0.15, 0.2) is 45.8 Å². The van der Waals surface area contributed by atoms with Crippen LogP contribution in [0.2, 0.25) is 5.02 Å². The molecule has 0 heterocycles. The lowest BCUT2D eigenvalue weighted by molar-refractivity contribution is -0.137. The third kappa shape index (κ3) is 4.15. The van der Waals surface area contributed by atoms with Crippen molar-refractivity contribution in [3.8, 4) is 0 Å². The Kier molecular flexibility index (Phi) is 4.93. The maximum atomic E-state index is 13.7. The minimum Gasteiger partial charge on any atom is -0.280 e. The maximum Gasteiger partial charge on any atom is 0.417 e. The van der Waals surface area contributed by atoms with Crippen molar-refractivity contribution in [1.29, 1.82) is 0 Å². The predicted octanol–water partition coefficient (Wildman–Crippen LogP) is 5.06. The summed E-state index contributed by atoms with van der Waals surface area (Å²) in [5.74, 6) is -1.04. The van der Waals surface area contributed by atoms with E-state index in [-0.39, 0.29) is 5.69 Å². The van der Waals surface area contributed by atoms with Gasteiger partial charge in [-0.05, 0) is 36.4 Å². The molecule has 10 heteroatoms. The molecule has 0 saturated carbocycles. The highest BCUT2D eigenvalue weighted by atomic mass is 79.9. The van der Waals surface area contributed by atoms with Gasteiger partial charge < -0.3 is 0 Å². The average Bonchev–Trinajstić information content (AvgIpc) is 2.39. The van der Waals surface area contributed by atoms with Gasteiger partial charge in [0.05, 0.1) is 10.6 Å². The summed E-state index contributed by atoms with van der Waals surface area (Å²) in [5, 5.41) is -0.574. The summed E-state index contributed by atoms with van der Waals surface area (Å²) >= 11 is 8.42. The van der Waals surface area contributed by atoms with Gasteiger partial charge >= 0.3 is 6.18 Å². The maximum absolute atomic E-state index is 13.7. The number of rotatable bonds is 3. The summed E-state index contributed by atoms with van der Waals surface area (Å²) in [5.41, 5.74) is -1.58. The number of benzene rings is 2. The van der Waals surface area contributed by atoms with Crippen molar-refractivity contribution < 1.29 is 26.0 Å². The average molecular weight is 433 g/mol. The van der Waals surface area contributed by atoms with E-state index in [0.717, 1.165) is 24.3 Å². The van der Waals surface area contributed by atoms with Crippen LogP contribution in [-0.4, -0.2) is 8.42 Å². The highest BCUT2D eigenvalue weighted by Gasteiger charge is 2.33. The molecule has 3 nitrogen and oxygen atoms in total. The Labute approximate surface area is 142 Å². The van der Waals surface area contributed by atoms with Crippen molar-refractivity contribution in [2.24, 2.45) is 0 Å². The molecule has 0 aromatic heterocycles. The molecule has 2 aromatic carbocycles. The molecule has 0 atom stereocenters. The summed E-state index contributed by atoms with van der Waals surface area (Å²) in [7, 11) is -4.39. The molecule has 0 aliphatic rings. The van der Waals surface area contributed by atoms with Gasteiger partial charge in [0, 0.05) is 10.2 Å². The van der Waals surface area contributed by atoms with Crippen LogP contribution in [0, 0.1) is 5.82 Å². The van der Waals surface area contributed by atoms with Gasteiger partial charge in [0.1, 0.15) is 10.7 Å². The van der Waals surface area contributed by atoms with Crippen molar-refractivity contribution in [2.45, 2.75) is 11.1 Å². The second-order valence-electron chi connectivity index (χ2n) is 4.37. The summed E-state index contributed by atoms with van der Waals surface area (Å²) < 4.78 is 78.4. The zero-order valence-corrected chi connectivity index (χ0v) is 14.1. The summed E-state index contributed by atoms with van der Waals surface area (Å²) in [6, 6.07) is 5.70. The van der Waals surface area contributed by atoms with Gasteiger partial charge in [0.25, 0.3) is 10.0 Å². The third-order valence-corrected chi connectivity index (χ3v) is 4.94. The predicted molar refractivity (Wildman–Crippen MR) is 81.4 cm³/mol. The molecule has 2 rings (SSSR count). The largest absolute Gasteiger partial charge is 0.417 e. The van der Waals surface area contributed by atoms with E-state index in [0.29, 0.717) is 10.5 Å². The Hall–Kier alpha value is -1.32. The molecule has 0 unspecified atom stereocenters. The Morgan fingerprint density at radius 3 is 2.30 bits per heavy atom. The number of nitrogens with one attached hydrogen (secondary N) is 1. The van der Waals surface area contributed by atoms with Gasteiger partial charge in [-0.3, -0.25) is 4.72 Å². The molecule has 0 aliphatic carbocycles. The van der Waals surface area contributed by atoms with Crippen LogP contribution < -0.4 is 4.72 Å². The van der Waals surface area contributed by atoms with Gasteiger partial charge in [0.15, 0.2) is 0 Å². The van der Waals surface area contributed by atoms with Crippen LogP contribution in [-0.2, 0) is 16.2 Å². The van der Waals surface area contributed by atoms with Gasteiger partial charge in [-0.25, -0.2) is 12.8 Å². The van der Waals surface area contributed by atoms with Crippen molar-refractivity contribution >= 4 is 43.2 Å². The van der Waals surface area contributed by atoms with E-state index in [4.69, 9.17) is 11.6 Å². The summed E-state index contributed by atoms with van der Waals surface area (Å²) in [6.45, 7) is 0. The fourth-order valence-corrected chi connectivity index (χ4v) is 3.38. The topological polar surface area (TPSA) is 46.2 Å². The van der Waals surface area contributed by atoms with Crippen molar-refractivity contribution in [1.82, 2.24) is 0 Å². The SMILES string of the molecule is O=S(=O)(Nc1ccc(Cl)c(C(F)(F)F)c1)c1ccc(Br)cc1F. The summed E-state index contributed by atoms with van der Waals surface area (Å²) in [6.07, 6.45) is -4.75. The Bertz CT molecular complexity index is 856. The summed E-state index contributed by atoms with van der Waals surface area (Å²) in [4.78, 5) is -0.691.